The second-order valence-electron chi connectivity index (χ2n) is 4.43. The summed E-state index contributed by atoms with van der Waals surface area (Å²) in [5.41, 5.74) is 1.27. The van der Waals surface area contributed by atoms with E-state index < -0.39 is 0 Å². The first-order valence-corrected chi connectivity index (χ1v) is 6.22. The van der Waals surface area contributed by atoms with Crippen LogP contribution in [-0.4, -0.2) is 30.7 Å². The molecule has 0 aliphatic carbocycles. The fourth-order valence-electron chi connectivity index (χ4n) is 2.46. The molecule has 1 N–H and O–H groups in total. The first-order chi connectivity index (χ1) is 7.83. The van der Waals surface area contributed by atoms with E-state index in [1.165, 1.54) is 18.4 Å². The Balaban J connectivity index is 2.18. The number of pyridine rings is 1. The maximum atomic E-state index is 4.52. The second kappa shape index (κ2) is 5.30. The topological polar surface area (TPSA) is 28.2 Å². The molecule has 1 fully saturated rings. The molecule has 0 spiro atoms. The van der Waals surface area contributed by atoms with Crippen molar-refractivity contribution < 1.29 is 0 Å². The highest BCUT2D eigenvalue weighted by Gasteiger charge is 2.21. The van der Waals surface area contributed by atoms with Gasteiger partial charge in [0.1, 0.15) is 5.82 Å². The number of rotatable bonds is 3. The van der Waals surface area contributed by atoms with Crippen LogP contribution in [0.1, 0.15) is 25.3 Å². The van der Waals surface area contributed by atoms with Gasteiger partial charge in [0.15, 0.2) is 0 Å². The summed E-state index contributed by atoms with van der Waals surface area (Å²) >= 11 is 0. The zero-order chi connectivity index (χ0) is 11.4. The number of hydrogen-bond donors (Lipinski definition) is 1. The van der Waals surface area contributed by atoms with Crippen LogP contribution < -0.4 is 10.2 Å². The summed E-state index contributed by atoms with van der Waals surface area (Å²) < 4.78 is 0. The number of nitrogens with zero attached hydrogens (tertiary/aromatic N) is 2. The van der Waals surface area contributed by atoms with Crippen molar-refractivity contribution >= 4 is 5.82 Å². The Labute approximate surface area is 97.9 Å². The van der Waals surface area contributed by atoms with Crippen LogP contribution in [0.5, 0.6) is 0 Å². The van der Waals surface area contributed by atoms with Gasteiger partial charge in [0.05, 0.1) is 0 Å². The van der Waals surface area contributed by atoms with Crippen LogP contribution in [0, 0.1) is 6.92 Å². The molecule has 1 aliphatic heterocycles. The molecule has 0 aromatic carbocycles. The summed E-state index contributed by atoms with van der Waals surface area (Å²) in [5.74, 6) is 1.15. The van der Waals surface area contributed by atoms with Crippen molar-refractivity contribution in [3.05, 3.63) is 23.9 Å². The maximum Gasteiger partial charge on any atom is 0.131 e. The largest absolute Gasteiger partial charge is 0.352 e. The maximum absolute atomic E-state index is 4.52. The van der Waals surface area contributed by atoms with Crippen LogP contribution in [0.25, 0.3) is 0 Å². The predicted molar refractivity (Wildman–Crippen MR) is 67.9 cm³/mol. The minimum absolute atomic E-state index is 0.604. The van der Waals surface area contributed by atoms with Crippen molar-refractivity contribution in [2.45, 2.75) is 32.7 Å². The van der Waals surface area contributed by atoms with E-state index in [-0.39, 0.29) is 0 Å². The fraction of sp³-hybridized carbons (Fsp3) is 0.615. The monoisotopic (exact) mass is 219 g/mol. The Morgan fingerprint density at radius 3 is 3.06 bits per heavy atom. The molecule has 1 aliphatic rings. The molecule has 0 bridgehead atoms. The normalized spacial score (nSPS) is 20.8. The molecular weight excluding hydrogens is 198 g/mol. The quantitative estimate of drug-likeness (QED) is 0.842. The third kappa shape index (κ3) is 2.35. The lowest BCUT2D eigenvalue weighted by Crippen LogP contribution is -2.46. The second-order valence-corrected chi connectivity index (χ2v) is 4.43. The molecule has 16 heavy (non-hydrogen) atoms. The van der Waals surface area contributed by atoms with Gasteiger partial charge in [-0.2, -0.15) is 0 Å². The molecule has 2 heterocycles. The van der Waals surface area contributed by atoms with Crippen molar-refractivity contribution in [1.29, 1.82) is 0 Å². The highest BCUT2D eigenvalue weighted by Crippen LogP contribution is 2.21. The number of likely N-dealkylation sites (N-methyl/N-ethyl adjacent to an activating group) is 1. The molecule has 88 valence electrons. The smallest absolute Gasteiger partial charge is 0.131 e. The van der Waals surface area contributed by atoms with Gasteiger partial charge in [0.25, 0.3) is 0 Å². The van der Waals surface area contributed by atoms with E-state index in [4.69, 9.17) is 0 Å². The summed E-state index contributed by atoms with van der Waals surface area (Å²) in [6.45, 7) is 7.63. The molecule has 1 saturated heterocycles. The number of hydrogen-bond acceptors (Lipinski definition) is 3. The lowest BCUT2D eigenvalue weighted by molar-refractivity contribution is 0.433. The summed E-state index contributed by atoms with van der Waals surface area (Å²) in [4.78, 5) is 6.95. The van der Waals surface area contributed by atoms with Gasteiger partial charge in [-0.25, -0.2) is 4.98 Å². The van der Waals surface area contributed by atoms with Gasteiger partial charge in [-0.05, 0) is 44.9 Å². The average Bonchev–Trinajstić information content (AvgIpc) is 2.34. The molecule has 0 amide bonds. The average molecular weight is 219 g/mol. The Bertz CT molecular complexity index is 332. The van der Waals surface area contributed by atoms with Crippen LogP contribution in [-0.2, 0) is 0 Å². The van der Waals surface area contributed by atoms with Gasteiger partial charge in [0, 0.05) is 25.3 Å². The highest BCUT2D eigenvalue weighted by atomic mass is 15.2. The molecular formula is C13H21N3. The number of piperidine rings is 1. The van der Waals surface area contributed by atoms with Crippen molar-refractivity contribution in [3.8, 4) is 0 Å². The minimum Gasteiger partial charge on any atom is -0.352 e. The molecule has 0 radical (unpaired) electrons. The Morgan fingerprint density at radius 1 is 1.56 bits per heavy atom. The first-order valence-electron chi connectivity index (χ1n) is 6.22. The zero-order valence-corrected chi connectivity index (χ0v) is 10.2. The van der Waals surface area contributed by atoms with Gasteiger partial charge in [-0.15, -0.1) is 0 Å². The molecule has 1 atom stereocenters. The summed E-state index contributed by atoms with van der Waals surface area (Å²) in [5, 5.41) is 3.47. The van der Waals surface area contributed by atoms with Gasteiger partial charge >= 0.3 is 0 Å². The third-order valence-electron chi connectivity index (χ3n) is 3.31. The highest BCUT2D eigenvalue weighted by molar-refractivity contribution is 5.46. The number of aryl methyl sites for hydroxylation is 1. The Morgan fingerprint density at radius 2 is 2.44 bits per heavy atom. The van der Waals surface area contributed by atoms with E-state index in [2.05, 4.69) is 35.1 Å². The molecule has 2 rings (SSSR count). The third-order valence-corrected chi connectivity index (χ3v) is 3.31. The van der Waals surface area contributed by atoms with Gasteiger partial charge in [0.2, 0.25) is 0 Å². The number of nitrogens with one attached hydrogen (secondary N) is 1. The zero-order valence-electron chi connectivity index (χ0n) is 10.2. The van der Waals surface area contributed by atoms with E-state index >= 15 is 0 Å². The van der Waals surface area contributed by atoms with Crippen molar-refractivity contribution in [2.75, 3.05) is 24.5 Å². The molecule has 1 aromatic rings. The van der Waals surface area contributed by atoms with Crippen molar-refractivity contribution in [1.82, 2.24) is 10.3 Å². The van der Waals surface area contributed by atoms with Gasteiger partial charge in [-0.1, -0.05) is 6.07 Å². The van der Waals surface area contributed by atoms with Crippen LogP contribution in [0.4, 0.5) is 5.82 Å². The van der Waals surface area contributed by atoms with Crippen molar-refractivity contribution in [2.24, 2.45) is 0 Å². The first kappa shape index (κ1) is 11.4. The van der Waals surface area contributed by atoms with E-state index in [1.807, 2.05) is 12.3 Å². The van der Waals surface area contributed by atoms with Gasteiger partial charge in [-0.3, -0.25) is 0 Å². The minimum atomic E-state index is 0.604. The fourth-order valence-corrected chi connectivity index (χ4v) is 2.46. The SMILES string of the molecule is CCN(c1ncccc1C)C1CCCNC1. The number of aromatic nitrogens is 1. The standard InChI is InChI=1S/C13H21N3/c1-3-16(12-7-5-8-14-10-12)13-11(2)6-4-9-15-13/h4,6,9,12,14H,3,5,7-8,10H2,1-2H3. The molecule has 3 nitrogen and oxygen atoms in total. The van der Waals surface area contributed by atoms with E-state index in [0.29, 0.717) is 6.04 Å². The predicted octanol–water partition coefficient (Wildman–Crippen LogP) is 1.97. The Hall–Kier alpha value is -1.09. The summed E-state index contributed by atoms with van der Waals surface area (Å²) in [6.07, 6.45) is 4.44. The number of anilines is 1. The van der Waals surface area contributed by atoms with Crippen LogP contribution in [0.3, 0.4) is 0 Å². The molecule has 1 aromatic heterocycles. The lowest BCUT2D eigenvalue weighted by atomic mass is 10.1. The van der Waals surface area contributed by atoms with Crippen molar-refractivity contribution in [3.63, 3.8) is 0 Å². The molecule has 0 saturated carbocycles. The summed E-state index contributed by atoms with van der Waals surface area (Å²) in [7, 11) is 0. The molecule has 3 heteroatoms. The Kier molecular flexibility index (Phi) is 3.78. The molecule has 1 unspecified atom stereocenters. The van der Waals surface area contributed by atoms with E-state index in [1.54, 1.807) is 0 Å². The van der Waals surface area contributed by atoms with Crippen LogP contribution >= 0.6 is 0 Å². The lowest BCUT2D eigenvalue weighted by Gasteiger charge is -2.35. The van der Waals surface area contributed by atoms with Crippen LogP contribution in [0.2, 0.25) is 0 Å². The summed E-state index contributed by atoms with van der Waals surface area (Å²) in [6, 6.07) is 4.75. The van der Waals surface area contributed by atoms with E-state index in [0.717, 1.165) is 25.5 Å². The van der Waals surface area contributed by atoms with Gasteiger partial charge < -0.3 is 10.2 Å². The van der Waals surface area contributed by atoms with E-state index in [9.17, 15) is 0 Å². The van der Waals surface area contributed by atoms with Crippen LogP contribution in [0.15, 0.2) is 18.3 Å².